The van der Waals surface area contributed by atoms with Crippen molar-refractivity contribution < 1.29 is 9.63 Å². The summed E-state index contributed by atoms with van der Waals surface area (Å²) in [6, 6.07) is 6.04. The lowest BCUT2D eigenvalue weighted by molar-refractivity contribution is 0.408. The van der Waals surface area contributed by atoms with E-state index in [9.17, 15) is 5.11 Å². The van der Waals surface area contributed by atoms with Crippen LogP contribution in [0.3, 0.4) is 0 Å². The maximum Gasteiger partial charge on any atom is 0.213 e. The van der Waals surface area contributed by atoms with Crippen molar-refractivity contribution in [2.75, 3.05) is 6.54 Å². The van der Waals surface area contributed by atoms with Crippen molar-refractivity contribution in [3.8, 4) is 5.75 Å². The first-order valence-corrected chi connectivity index (χ1v) is 6.14. The van der Waals surface area contributed by atoms with Crippen LogP contribution in [0.2, 0.25) is 0 Å². The third-order valence-electron chi connectivity index (χ3n) is 3.39. The van der Waals surface area contributed by atoms with Gasteiger partial charge < -0.3 is 14.9 Å². The summed E-state index contributed by atoms with van der Waals surface area (Å²) >= 11 is 0. The summed E-state index contributed by atoms with van der Waals surface area (Å²) in [5, 5.41) is 17.0. The van der Waals surface area contributed by atoms with E-state index in [0.717, 1.165) is 37.2 Å². The molecule has 1 aromatic heterocycles. The zero-order valence-corrected chi connectivity index (χ0v) is 9.97. The second-order valence-corrected chi connectivity index (χ2v) is 4.49. The van der Waals surface area contributed by atoms with Crippen LogP contribution < -0.4 is 5.32 Å². The average Bonchev–Trinajstić information content (AvgIpc) is 3.00. The molecule has 2 aromatic rings. The number of hydrogen-bond acceptors (Lipinski definition) is 5. The Morgan fingerprint density at radius 1 is 1.44 bits per heavy atom. The van der Waals surface area contributed by atoms with E-state index in [2.05, 4.69) is 26.0 Å². The van der Waals surface area contributed by atoms with E-state index < -0.39 is 0 Å². The summed E-state index contributed by atoms with van der Waals surface area (Å²) in [4.78, 5) is 3.98. The summed E-state index contributed by atoms with van der Waals surface area (Å²) < 4.78 is 4.69. The number of nitrogens with zero attached hydrogens (tertiary/aromatic N) is 2. The van der Waals surface area contributed by atoms with Gasteiger partial charge in [0.05, 0.1) is 0 Å². The van der Waals surface area contributed by atoms with Gasteiger partial charge in [-0.2, -0.15) is 4.98 Å². The summed E-state index contributed by atoms with van der Waals surface area (Å²) in [5.41, 5.74) is 2.29. The molecule has 94 valence electrons. The van der Waals surface area contributed by atoms with E-state index in [0.29, 0.717) is 11.8 Å². The first kappa shape index (κ1) is 11.2. The van der Waals surface area contributed by atoms with Gasteiger partial charge in [0.15, 0.2) is 5.82 Å². The SMILES string of the molecule is Oc1cccc2c1CCC2NCCc1ncon1. The van der Waals surface area contributed by atoms with Crippen LogP contribution in [0.5, 0.6) is 5.75 Å². The van der Waals surface area contributed by atoms with Crippen molar-refractivity contribution in [1.82, 2.24) is 15.5 Å². The molecule has 0 fully saturated rings. The zero-order valence-electron chi connectivity index (χ0n) is 9.97. The molecule has 1 unspecified atom stereocenters. The molecule has 2 N–H and O–H groups in total. The average molecular weight is 245 g/mol. The number of phenolic OH excluding ortho intramolecular Hbond substituents is 1. The Morgan fingerprint density at radius 2 is 2.39 bits per heavy atom. The highest BCUT2D eigenvalue weighted by atomic mass is 16.5. The number of benzene rings is 1. The Morgan fingerprint density at radius 3 is 3.22 bits per heavy atom. The van der Waals surface area contributed by atoms with Gasteiger partial charge in [0.1, 0.15) is 5.75 Å². The van der Waals surface area contributed by atoms with Crippen LogP contribution in [0.1, 0.15) is 29.4 Å². The topological polar surface area (TPSA) is 71.2 Å². The van der Waals surface area contributed by atoms with Crippen molar-refractivity contribution in [3.05, 3.63) is 41.5 Å². The minimum absolute atomic E-state index is 0.319. The number of aromatic nitrogens is 2. The lowest BCUT2D eigenvalue weighted by atomic mass is 10.1. The Bertz CT molecular complexity index is 525. The molecule has 3 rings (SSSR count). The van der Waals surface area contributed by atoms with Gasteiger partial charge in [-0.1, -0.05) is 17.3 Å². The third-order valence-corrected chi connectivity index (χ3v) is 3.39. The van der Waals surface area contributed by atoms with Gasteiger partial charge in [-0.05, 0) is 30.0 Å². The Balaban J connectivity index is 1.61. The quantitative estimate of drug-likeness (QED) is 0.856. The molecule has 5 nitrogen and oxygen atoms in total. The molecule has 0 saturated heterocycles. The van der Waals surface area contributed by atoms with Crippen molar-refractivity contribution in [2.45, 2.75) is 25.3 Å². The van der Waals surface area contributed by atoms with E-state index >= 15 is 0 Å². The lowest BCUT2D eigenvalue weighted by Gasteiger charge is -2.13. The number of phenols is 1. The summed E-state index contributed by atoms with van der Waals surface area (Å²) in [7, 11) is 0. The molecule has 0 bridgehead atoms. The van der Waals surface area contributed by atoms with E-state index in [-0.39, 0.29) is 0 Å². The highest BCUT2D eigenvalue weighted by Gasteiger charge is 2.23. The van der Waals surface area contributed by atoms with Gasteiger partial charge >= 0.3 is 0 Å². The number of nitrogens with one attached hydrogen (secondary N) is 1. The van der Waals surface area contributed by atoms with Crippen LogP contribution in [0.4, 0.5) is 0 Å². The Kier molecular flexibility index (Phi) is 2.98. The number of fused-ring (bicyclic) bond motifs is 1. The zero-order chi connectivity index (χ0) is 12.4. The highest BCUT2D eigenvalue weighted by molar-refractivity contribution is 5.44. The number of rotatable bonds is 4. The van der Waals surface area contributed by atoms with Gasteiger partial charge in [0, 0.05) is 19.0 Å². The molecule has 0 amide bonds. The second-order valence-electron chi connectivity index (χ2n) is 4.49. The van der Waals surface area contributed by atoms with E-state index in [1.54, 1.807) is 6.07 Å². The molecule has 0 saturated carbocycles. The molecule has 0 radical (unpaired) electrons. The van der Waals surface area contributed by atoms with E-state index in [1.807, 2.05) is 6.07 Å². The van der Waals surface area contributed by atoms with E-state index in [1.165, 1.54) is 12.0 Å². The largest absolute Gasteiger partial charge is 0.508 e. The Labute approximate surface area is 105 Å². The van der Waals surface area contributed by atoms with Crippen LogP contribution in [-0.2, 0) is 12.8 Å². The van der Waals surface area contributed by atoms with Gasteiger partial charge in [-0.25, -0.2) is 0 Å². The van der Waals surface area contributed by atoms with Crippen LogP contribution in [0.15, 0.2) is 29.1 Å². The van der Waals surface area contributed by atoms with Crippen LogP contribution in [-0.4, -0.2) is 21.8 Å². The predicted octanol–water partition coefficient (Wildman–Crippen LogP) is 1.59. The number of aromatic hydroxyl groups is 1. The van der Waals surface area contributed by atoms with Crippen molar-refractivity contribution in [2.24, 2.45) is 0 Å². The molecule has 1 aromatic carbocycles. The third kappa shape index (κ3) is 2.09. The van der Waals surface area contributed by atoms with Gasteiger partial charge in [0.25, 0.3) is 0 Å². The monoisotopic (exact) mass is 245 g/mol. The molecule has 0 aliphatic heterocycles. The molecule has 1 aliphatic rings. The first-order valence-electron chi connectivity index (χ1n) is 6.14. The standard InChI is InChI=1S/C13H15N3O2/c17-12-3-1-2-9-10(12)4-5-11(9)14-7-6-13-15-8-18-16-13/h1-3,8,11,14,17H,4-7H2. The normalized spacial score (nSPS) is 17.9. The fraction of sp³-hybridized carbons (Fsp3) is 0.385. The van der Waals surface area contributed by atoms with Gasteiger partial charge in [0.2, 0.25) is 6.39 Å². The van der Waals surface area contributed by atoms with Crippen molar-refractivity contribution in [3.63, 3.8) is 0 Å². The molecule has 1 atom stereocenters. The van der Waals surface area contributed by atoms with E-state index in [4.69, 9.17) is 0 Å². The highest BCUT2D eigenvalue weighted by Crippen LogP contribution is 2.35. The maximum absolute atomic E-state index is 9.76. The van der Waals surface area contributed by atoms with Crippen molar-refractivity contribution in [1.29, 1.82) is 0 Å². The van der Waals surface area contributed by atoms with Crippen LogP contribution >= 0.6 is 0 Å². The smallest absolute Gasteiger partial charge is 0.213 e. The maximum atomic E-state index is 9.76. The molecule has 18 heavy (non-hydrogen) atoms. The first-order chi connectivity index (χ1) is 8.84. The molecule has 1 aliphatic carbocycles. The summed E-state index contributed by atoms with van der Waals surface area (Å²) in [6.45, 7) is 0.805. The van der Waals surface area contributed by atoms with Crippen LogP contribution in [0.25, 0.3) is 0 Å². The fourth-order valence-electron chi connectivity index (χ4n) is 2.51. The minimum atomic E-state index is 0.319. The molecule has 5 heteroatoms. The second kappa shape index (κ2) is 4.78. The molecular weight excluding hydrogens is 230 g/mol. The minimum Gasteiger partial charge on any atom is -0.508 e. The van der Waals surface area contributed by atoms with Crippen LogP contribution in [0, 0.1) is 0 Å². The van der Waals surface area contributed by atoms with Crippen molar-refractivity contribution >= 4 is 0 Å². The Hall–Kier alpha value is -1.88. The molecule has 1 heterocycles. The molecular formula is C13H15N3O2. The number of hydrogen-bond donors (Lipinski definition) is 2. The van der Waals surface area contributed by atoms with Gasteiger partial charge in [-0.15, -0.1) is 0 Å². The lowest BCUT2D eigenvalue weighted by Crippen LogP contribution is -2.22. The fourth-order valence-corrected chi connectivity index (χ4v) is 2.51. The predicted molar refractivity (Wildman–Crippen MR) is 65.2 cm³/mol. The van der Waals surface area contributed by atoms with Gasteiger partial charge in [-0.3, -0.25) is 0 Å². The summed E-state index contributed by atoms with van der Waals surface area (Å²) in [6.07, 6.45) is 4.06. The molecule has 0 spiro atoms. The summed E-state index contributed by atoms with van der Waals surface area (Å²) in [5.74, 6) is 1.13.